The van der Waals surface area contributed by atoms with Gasteiger partial charge >= 0.3 is 6.03 Å². The number of hydrogen-bond donors (Lipinski definition) is 2. The van der Waals surface area contributed by atoms with Gasteiger partial charge in [0.15, 0.2) is 18.0 Å². The van der Waals surface area contributed by atoms with Crippen molar-refractivity contribution in [3.05, 3.63) is 86.9 Å². The maximum Gasteiger partial charge on any atom is 0.318 e. The number of amides is 4. The molecule has 0 saturated carbocycles. The van der Waals surface area contributed by atoms with Crippen LogP contribution >= 0.6 is 34.8 Å². The fourth-order valence-electron chi connectivity index (χ4n) is 5.97. The monoisotopic (exact) mass is 754 g/mol. The van der Waals surface area contributed by atoms with Gasteiger partial charge in [0.2, 0.25) is 0 Å². The van der Waals surface area contributed by atoms with E-state index in [0.717, 1.165) is 23.4 Å². The van der Waals surface area contributed by atoms with Gasteiger partial charge in [0.1, 0.15) is 11.4 Å². The number of hydrazone groups is 1. The van der Waals surface area contributed by atoms with Crippen LogP contribution in [-0.2, 0) is 20.4 Å². The van der Waals surface area contributed by atoms with Gasteiger partial charge in [-0.05, 0) is 66.0 Å². The van der Waals surface area contributed by atoms with Crippen LogP contribution in [-0.4, -0.2) is 53.8 Å². The van der Waals surface area contributed by atoms with Crippen LogP contribution in [0.25, 0.3) is 0 Å². The molecule has 5 rings (SSSR count). The van der Waals surface area contributed by atoms with E-state index >= 15 is 0 Å². The summed E-state index contributed by atoms with van der Waals surface area (Å²) in [6.45, 7) is 15.5. The minimum Gasteiger partial charge on any atom is -0.480 e. The van der Waals surface area contributed by atoms with Crippen LogP contribution in [0.2, 0.25) is 15.1 Å². The number of amidine groups is 1. The Morgan fingerprint density at radius 3 is 2.20 bits per heavy atom. The van der Waals surface area contributed by atoms with Gasteiger partial charge in [-0.3, -0.25) is 15.0 Å². The lowest BCUT2D eigenvalue weighted by Gasteiger charge is -2.33. The van der Waals surface area contributed by atoms with E-state index in [0.29, 0.717) is 24.4 Å². The first kappa shape index (κ1) is 38.2. The molecule has 2 aliphatic rings. The predicted molar refractivity (Wildman–Crippen MR) is 205 cm³/mol. The lowest BCUT2D eigenvalue weighted by atomic mass is 9.76. The molecule has 0 aliphatic carbocycles. The first-order chi connectivity index (χ1) is 24.1. The number of carbonyl (C=O) groups excluding carboxylic acids is 3. The second-order valence-electron chi connectivity index (χ2n) is 14.0. The molecule has 2 heterocycles. The van der Waals surface area contributed by atoms with Gasteiger partial charge in [0.25, 0.3) is 11.8 Å². The number of nitrogens with zero attached hydrogens (tertiary/aromatic N) is 4. The number of hydrazine groups is 1. The zero-order valence-corrected chi connectivity index (χ0v) is 32.3. The Morgan fingerprint density at radius 1 is 0.980 bits per heavy atom. The quantitative estimate of drug-likeness (QED) is 0.191. The van der Waals surface area contributed by atoms with Crippen LogP contribution in [0.3, 0.4) is 0 Å². The van der Waals surface area contributed by atoms with Crippen LogP contribution in [0.1, 0.15) is 78.9 Å². The SMILES string of the molecule is CCC(Oc1ccc(C(C)(C)CC)cc1C(C)(C)CC)C(=O)NN(C1=NN(c2c(Cl)cc(Cl)cc2Cl)C(=O)C1N1CCNC1=O)c1ccccc1. The number of halogens is 3. The van der Waals surface area contributed by atoms with Gasteiger partial charge in [-0.2, -0.15) is 5.01 Å². The van der Waals surface area contributed by atoms with E-state index in [-0.39, 0.29) is 44.0 Å². The molecule has 3 aromatic rings. The molecule has 4 amide bonds. The van der Waals surface area contributed by atoms with Crippen molar-refractivity contribution < 1.29 is 19.1 Å². The van der Waals surface area contributed by atoms with E-state index in [2.05, 4.69) is 69.5 Å². The van der Waals surface area contributed by atoms with Crippen molar-refractivity contribution in [3.8, 4) is 5.75 Å². The molecule has 2 N–H and O–H groups in total. The van der Waals surface area contributed by atoms with Crippen LogP contribution in [0.5, 0.6) is 5.75 Å². The highest BCUT2D eigenvalue weighted by molar-refractivity contribution is 6.43. The molecule has 0 spiro atoms. The molecule has 272 valence electrons. The van der Waals surface area contributed by atoms with Crippen molar-refractivity contribution in [2.45, 2.75) is 90.7 Å². The molecule has 1 saturated heterocycles. The molecule has 0 bridgehead atoms. The highest BCUT2D eigenvalue weighted by atomic mass is 35.5. The third-order valence-corrected chi connectivity index (χ3v) is 10.7. The van der Waals surface area contributed by atoms with E-state index in [1.807, 2.05) is 19.1 Å². The standard InChI is InChI=1S/C38H45Cl3N6O4/c1-8-29(51-30-17-16-23(37(4,5)9-2)20-26(30)38(6,7)10-3)34(48)44-46(25-14-12-11-13-15-25)33-32(45-19-18-42-36(45)50)35(49)47(43-33)31-27(40)21-24(39)22-28(31)41/h11-17,20-22,29,32H,8-10,18-19H2,1-7H3,(H,42,50)(H,44,48). The van der Waals surface area contributed by atoms with Gasteiger partial charge in [0, 0.05) is 23.7 Å². The number of nitrogens with one attached hydrogen (secondary N) is 2. The molecule has 0 aromatic heterocycles. The normalized spacial score (nSPS) is 17.0. The number of urea groups is 1. The summed E-state index contributed by atoms with van der Waals surface area (Å²) in [7, 11) is 0. The first-order valence-corrected chi connectivity index (χ1v) is 18.4. The lowest BCUT2D eigenvalue weighted by molar-refractivity contribution is -0.128. The Labute approximate surface area is 315 Å². The van der Waals surface area contributed by atoms with Crippen LogP contribution in [0.15, 0.2) is 65.8 Å². The molecule has 13 heteroatoms. The van der Waals surface area contributed by atoms with Crippen LogP contribution in [0, 0.1) is 0 Å². The molecule has 3 aromatic carbocycles. The second-order valence-corrected chi connectivity index (χ2v) is 15.3. The third-order valence-electron chi connectivity index (χ3n) is 9.94. The maximum atomic E-state index is 14.3. The Kier molecular flexibility index (Phi) is 11.5. The number of para-hydroxylation sites is 1. The topological polar surface area (TPSA) is 107 Å². The minimum atomic E-state index is -1.23. The van der Waals surface area contributed by atoms with Crippen molar-refractivity contribution >= 4 is 69.9 Å². The second kappa shape index (κ2) is 15.3. The molecule has 2 aliphatic heterocycles. The summed E-state index contributed by atoms with van der Waals surface area (Å²) in [4.78, 5) is 43.0. The Hall–Kier alpha value is -3.99. The number of carbonyl (C=O) groups is 3. The maximum absolute atomic E-state index is 14.3. The van der Waals surface area contributed by atoms with Gasteiger partial charge in [-0.1, -0.05) is 114 Å². The van der Waals surface area contributed by atoms with Gasteiger partial charge in [-0.25, -0.2) is 9.80 Å². The highest BCUT2D eigenvalue weighted by Gasteiger charge is 2.48. The molecule has 2 unspecified atom stereocenters. The van der Waals surface area contributed by atoms with Gasteiger partial charge < -0.3 is 15.0 Å². The molecule has 10 nitrogen and oxygen atoms in total. The average Bonchev–Trinajstić information content (AvgIpc) is 3.67. The summed E-state index contributed by atoms with van der Waals surface area (Å²) in [5.74, 6) is -0.370. The predicted octanol–water partition coefficient (Wildman–Crippen LogP) is 8.47. The van der Waals surface area contributed by atoms with E-state index in [1.165, 1.54) is 27.6 Å². The van der Waals surface area contributed by atoms with E-state index in [9.17, 15) is 14.4 Å². The summed E-state index contributed by atoms with van der Waals surface area (Å²) in [6, 6.07) is 16.4. The Balaban J connectivity index is 1.56. The van der Waals surface area contributed by atoms with E-state index in [4.69, 9.17) is 39.5 Å². The third kappa shape index (κ3) is 7.78. The summed E-state index contributed by atoms with van der Waals surface area (Å²) in [5, 5.41) is 10.4. The molecule has 0 radical (unpaired) electrons. The lowest BCUT2D eigenvalue weighted by Crippen LogP contribution is -2.58. The zero-order chi connectivity index (χ0) is 37.2. The molecular weight excluding hydrogens is 711 g/mol. The fraction of sp³-hybridized carbons (Fsp3) is 0.421. The number of ether oxygens (including phenoxy) is 1. The van der Waals surface area contributed by atoms with Crippen molar-refractivity contribution in [3.63, 3.8) is 0 Å². The number of rotatable bonds is 11. The first-order valence-electron chi connectivity index (χ1n) is 17.2. The average molecular weight is 756 g/mol. The van der Waals surface area contributed by atoms with E-state index < -0.39 is 30.0 Å². The van der Waals surface area contributed by atoms with E-state index in [1.54, 1.807) is 24.3 Å². The van der Waals surface area contributed by atoms with Crippen molar-refractivity contribution in [2.24, 2.45) is 5.10 Å². The van der Waals surface area contributed by atoms with Crippen molar-refractivity contribution in [2.75, 3.05) is 23.1 Å². The summed E-state index contributed by atoms with van der Waals surface area (Å²) < 4.78 is 6.57. The van der Waals surface area contributed by atoms with Crippen molar-refractivity contribution in [1.29, 1.82) is 0 Å². The van der Waals surface area contributed by atoms with Crippen LogP contribution < -0.4 is 25.5 Å². The highest BCUT2D eigenvalue weighted by Crippen LogP contribution is 2.41. The smallest absolute Gasteiger partial charge is 0.318 e. The Bertz CT molecular complexity index is 1810. The summed E-state index contributed by atoms with van der Waals surface area (Å²) >= 11 is 19.3. The Morgan fingerprint density at radius 2 is 1.63 bits per heavy atom. The minimum absolute atomic E-state index is 0.0363. The van der Waals surface area contributed by atoms with Gasteiger partial charge in [0.05, 0.1) is 15.7 Å². The summed E-state index contributed by atoms with van der Waals surface area (Å²) in [5.41, 5.74) is 5.53. The zero-order valence-electron chi connectivity index (χ0n) is 30.0. The van der Waals surface area contributed by atoms with Gasteiger partial charge in [-0.15, -0.1) is 5.10 Å². The molecular formula is C38H45Cl3N6O4. The fourth-order valence-corrected chi connectivity index (χ4v) is 6.95. The van der Waals surface area contributed by atoms with Crippen molar-refractivity contribution in [1.82, 2.24) is 15.6 Å². The van der Waals surface area contributed by atoms with Crippen LogP contribution in [0.4, 0.5) is 16.2 Å². The number of hydrogen-bond acceptors (Lipinski definition) is 6. The number of anilines is 2. The molecule has 2 atom stereocenters. The number of benzene rings is 3. The summed E-state index contributed by atoms with van der Waals surface area (Å²) in [6.07, 6.45) is 1.25. The molecule has 51 heavy (non-hydrogen) atoms. The molecule has 1 fully saturated rings. The largest absolute Gasteiger partial charge is 0.480 e.